The number of ether oxygens (including phenoxy) is 2. The number of hydrogen-bond donors (Lipinski definition) is 0. The van der Waals surface area contributed by atoms with Gasteiger partial charge in [-0.2, -0.15) is 16.8 Å². The smallest absolute Gasteiger partial charge is 0.279 e. The zero-order valence-electron chi connectivity index (χ0n) is 14.9. The van der Waals surface area contributed by atoms with Crippen molar-refractivity contribution < 1.29 is 14.3 Å². The molecule has 0 unspecified atom stereocenters. The lowest BCUT2D eigenvalue weighted by molar-refractivity contribution is 0.0998. The first-order chi connectivity index (χ1) is 12.7. The molecule has 0 N–H and O–H groups in total. The Balaban J connectivity index is 2.05. The second kappa shape index (κ2) is 8.42. The molecule has 0 radical (unpaired) electrons. The highest BCUT2D eigenvalue weighted by Crippen LogP contribution is 2.23. The van der Waals surface area contributed by atoms with Crippen LogP contribution in [0.15, 0.2) is 47.5 Å². The van der Waals surface area contributed by atoms with Crippen molar-refractivity contribution in [1.82, 2.24) is 4.57 Å². The van der Waals surface area contributed by atoms with Crippen LogP contribution in [0.3, 0.4) is 0 Å². The van der Waals surface area contributed by atoms with Gasteiger partial charge in [0.25, 0.3) is 5.91 Å². The number of amides is 1. The number of fused-ring (bicyclic) bond motifs is 1. The lowest BCUT2D eigenvalue weighted by Gasteiger charge is -2.04. The molecule has 1 aromatic heterocycles. The first-order valence-electron chi connectivity index (χ1n) is 8.05. The van der Waals surface area contributed by atoms with Gasteiger partial charge in [0.15, 0.2) is 4.80 Å². The van der Waals surface area contributed by atoms with Crippen molar-refractivity contribution in [3.63, 3.8) is 0 Å². The molecule has 0 atom stereocenters. The molecular formula is C19H20N2O3S2. The summed E-state index contributed by atoms with van der Waals surface area (Å²) < 4.78 is 13.6. The molecule has 0 saturated carbocycles. The van der Waals surface area contributed by atoms with E-state index >= 15 is 0 Å². The summed E-state index contributed by atoms with van der Waals surface area (Å²) in [6.45, 7) is 0.794. The predicted octanol–water partition coefficient (Wildman–Crippen LogP) is 3.82. The largest absolute Gasteiger partial charge is 0.497 e. The van der Waals surface area contributed by atoms with Crippen LogP contribution in [0, 0.1) is 0 Å². The van der Waals surface area contributed by atoms with Crippen molar-refractivity contribution in [3.8, 4) is 11.5 Å². The summed E-state index contributed by atoms with van der Waals surface area (Å²) in [7, 11) is 3.25. The molecule has 3 rings (SSSR count). The highest BCUT2D eigenvalue weighted by atomic mass is 32.2. The average molecular weight is 389 g/mol. The number of carbonyl (C=O) groups excluding carboxylic acids is 1. The molecule has 0 spiro atoms. The van der Waals surface area contributed by atoms with Crippen molar-refractivity contribution in [3.05, 3.63) is 52.8 Å². The van der Waals surface area contributed by atoms with Crippen LogP contribution in [-0.4, -0.2) is 36.7 Å². The number of nitrogens with zero attached hydrogens (tertiary/aromatic N) is 2. The first-order valence-corrected chi connectivity index (χ1v) is 10.3. The standard InChI is InChI=1S/C19H20N2O3S2/c1-23-14-6-4-13(5-7-14)18(22)20-19-21(10-11-25-3)16-9-8-15(24-2)12-17(16)26-19/h4-9,12H,10-11H2,1-3H3. The van der Waals surface area contributed by atoms with E-state index in [1.807, 2.05) is 18.2 Å². The number of aromatic nitrogens is 1. The summed E-state index contributed by atoms with van der Waals surface area (Å²) >= 11 is 3.26. The fourth-order valence-electron chi connectivity index (χ4n) is 2.55. The third kappa shape index (κ3) is 3.94. The topological polar surface area (TPSA) is 52.8 Å². The molecular weight excluding hydrogens is 368 g/mol. The molecule has 1 heterocycles. The minimum Gasteiger partial charge on any atom is -0.497 e. The van der Waals surface area contributed by atoms with Gasteiger partial charge in [0.2, 0.25) is 0 Å². The highest BCUT2D eigenvalue weighted by molar-refractivity contribution is 7.98. The molecule has 0 fully saturated rings. The van der Waals surface area contributed by atoms with Crippen LogP contribution < -0.4 is 14.3 Å². The van der Waals surface area contributed by atoms with Gasteiger partial charge < -0.3 is 14.0 Å². The van der Waals surface area contributed by atoms with Crippen LogP contribution in [0.2, 0.25) is 0 Å². The molecule has 136 valence electrons. The van der Waals surface area contributed by atoms with E-state index in [9.17, 15) is 4.79 Å². The summed E-state index contributed by atoms with van der Waals surface area (Å²) in [5.41, 5.74) is 1.60. The number of thioether (sulfide) groups is 1. The third-order valence-electron chi connectivity index (χ3n) is 3.94. The number of hydrogen-bond acceptors (Lipinski definition) is 5. The summed E-state index contributed by atoms with van der Waals surface area (Å²) in [5.74, 6) is 2.19. The minimum absolute atomic E-state index is 0.260. The van der Waals surface area contributed by atoms with E-state index in [-0.39, 0.29) is 5.91 Å². The van der Waals surface area contributed by atoms with E-state index in [0.717, 1.165) is 28.3 Å². The Morgan fingerprint density at radius 2 is 1.81 bits per heavy atom. The molecule has 0 aliphatic rings. The van der Waals surface area contributed by atoms with Crippen LogP contribution in [0.1, 0.15) is 10.4 Å². The molecule has 0 saturated heterocycles. The normalized spacial score (nSPS) is 11.7. The maximum Gasteiger partial charge on any atom is 0.279 e. The van der Waals surface area contributed by atoms with Gasteiger partial charge >= 0.3 is 0 Å². The number of carbonyl (C=O) groups is 1. The lowest BCUT2D eigenvalue weighted by Crippen LogP contribution is -2.18. The predicted molar refractivity (Wildman–Crippen MR) is 108 cm³/mol. The molecule has 0 aliphatic carbocycles. The first kappa shape index (κ1) is 18.5. The van der Waals surface area contributed by atoms with E-state index < -0.39 is 0 Å². The maximum absolute atomic E-state index is 12.6. The monoisotopic (exact) mass is 388 g/mol. The zero-order valence-corrected chi connectivity index (χ0v) is 16.5. The fourth-order valence-corrected chi connectivity index (χ4v) is 4.00. The SMILES string of the molecule is COc1ccc(C(=O)N=c2sc3cc(OC)ccc3n2CCSC)cc1. The molecule has 7 heteroatoms. The lowest BCUT2D eigenvalue weighted by atomic mass is 10.2. The molecule has 0 bridgehead atoms. The maximum atomic E-state index is 12.6. The third-order valence-corrected chi connectivity index (χ3v) is 5.58. The van der Waals surface area contributed by atoms with Crippen LogP contribution in [-0.2, 0) is 6.54 Å². The second-order valence-corrected chi connectivity index (χ2v) is 7.50. The Morgan fingerprint density at radius 3 is 2.46 bits per heavy atom. The Kier molecular flexibility index (Phi) is 6.00. The summed E-state index contributed by atoms with van der Waals surface area (Å²) in [6.07, 6.45) is 2.07. The molecule has 0 aliphatic heterocycles. The van der Waals surface area contributed by atoms with Gasteiger partial charge in [-0.3, -0.25) is 4.79 Å². The van der Waals surface area contributed by atoms with Crippen molar-refractivity contribution in [2.45, 2.75) is 6.54 Å². The van der Waals surface area contributed by atoms with E-state index in [4.69, 9.17) is 9.47 Å². The zero-order chi connectivity index (χ0) is 18.5. The molecule has 1 amide bonds. The number of benzene rings is 2. The Labute approximate surface area is 160 Å². The van der Waals surface area contributed by atoms with Gasteiger partial charge in [0.05, 0.1) is 24.4 Å². The number of thiazole rings is 1. The van der Waals surface area contributed by atoms with Crippen molar-refractivity contribution in [1.29, 1.82) is 0 Å². The van der Waals surface area contributed by atoms with Gasteiger partial charge in [-0.15, -0.1) is 0 Å². The molecule has 5 nitrogen and oxygen atoms in total. The number of rotatable bonds is 6. The van der Waals surface area contributed by atoms with Gasteiger partial charge in [-0.05, 0) is 48.7 Å². The quantitative estimate of drug-likeness (QED) is 0.644. The van der Waals surface area contributed by atoms with Crippen LogP contribution >= 0.6 is 23.1 Å². The summed E-state index contributed by atoms with van der Waals surface area (Å²) in [6, 6.07) is 12.9. The Hall–Kier alpha value is -2.25. The van der Waals surface area contributed by atoms with Crippen molar-refractivity contribution in [2.24, 2.45) is 4.99 Å². The highest BCUT2D eigenvalue weighted by Gasteiger charge is 2.10. The van der Waals surface area contributed by atoms with Crippen LogP contribution in [0.4, 0.5) is 0 Å². The molecule has 3 aromatic rings. The fraction of sp³-hybridized carbons (Fsp3) is 0.263. The summed E-state index contributed by atoms with van der Waals surface area (Å²) in [4.78, 5) is 17.7. The Bertz CT molecular complexity index is 975. The van der Waals surface area contributed by atoms with E-state index in [2.05, 4.69) is 15.8 Å². The van der Waals surface area contributed by atoms with Crippen molar-refractivity contribution in [2.75, 3.05) is 26.2 Å². The average Bonchev–Trinajstić information content (AvgIpc) is 3.02. The van der Waals surface area contributed by atoms with E-state index in [1.165, 1.54) is 11.3 Å². The van der Waals surface area contributed by atoms with E-state index in [0.29, 0.717) is 16.1 Å². The Morgan fingerprint density at radius 1 is 1.12 bits per heavy atom. The van der Waals surface area contributed by atoms with Gasteiger partial charge in [0.1, 0.15) is 11.5 Å². The molecule has 2 aromatic carbocycles. The van der Waals surface area contributed by atoms with Crippen LogP contribution in [0.5, 0.6) is 11.5 Å². The van der Waals surface area contributed by atoms with E-state index in [1.54, 1.807) is 50.2 Å². The number of aryl methyl sites for hydroxylation is 1. The minimum atomic E-state index is -0.260. The molecule has 26 heavy (non-hydrogen) atoms. The van der Waals surface area contributed by atoms with Gasteiger partial charge in [-0.1, -0.05) is 11.3 Å². The van der Waals surface area contributed by atoms with Crippen LogP contribution in [0.25, 0.3) is 10.2 Å². The van der Waals surface area contributed by atoms with Crippen molar-refractivity contribution >= 4 is 39.2 Å². The second-order valence-electron chi connectivity index (χ2n) is 5.51. The van der Waals surface area contributed by atoms with Gasteiger partial charge in [0, 0.05) is 17.9 Å². The summed E-state index contributed by atoms with van der Waals surface area (Å²) in [5, 5.41) is 0. The van der Waals surface area contributed by atoms with Gasteiger partial charge in [-0.25, -0.2) is 0 Å². The number of methoxy groups -OCH3 is 2.